The fourth-order valence-corrected chi connectivity index (χ4v) is 3.43. The molecule has 0 bridgehead atoms. The summed E-state index contributed by atoms with van der Waals surface area (Å²) in [4.78, 5) is 9.10. The molecule has 3 heterocycles. The molecule has 25 heavy (non-hydrogen) atoms. The van der Waals surface area contributed by atoms with Gasteiger partial charge in [-0.25, -0.2) is 9.97 Å². The van der Waals surface area contributed by atoms with Gasteiger partial charge in [0.2, 0.25) is 5.95 Å². The highest BCUT2D eigenvalue weighted by Crippen LogP contribution is 2.23. The molecule has 130 valence electrons. The van der Waals surface area contributed by atoms with Gasteiger partial charge in [0.15, 0.2) is 0 Å². The van der Waals surface area contributed by atoms with Crippen LogP contribution in [0.1, 0.15) is 41.8 Å². The number of fused-ring (bicyclic) bond motifs is 1. The Morgan fingerprint density at radius 2 is 2.12 bits per heavy atom. The first-order valence-electron chi connectivity index (χ1n) is 8.83. The van der Waals surface area contributed by atoms with Gasteiger partial charge in [-0.15, -0.1) is 0 Å². The van der Waals surface area contributed by atoms with Crippen LogP contribution in [0, 0.1) is 6.92 Å². The number of rotatable bonds is 4. The van der Waals surface area contributed by atoms with Crippen LogP contribution in [-0.4, -0.2) is 29.9 Å². The number of aryl methyl sites for hydroxylation is 3. The molecule has 3 aromatic heterocycles. The summed E-state index contributed by atoms with van der Waals surface area (Å²) in [5, 5.41) is 15.3. The Morgan fingerprint density at radius 3 is 2.96 bits per heavy atom. The molecule has 0 atom stereocenters. The second kappa shape index (κ2) is 6.66. The lowest BCUT2D eigenvalue weighted by Gasteiger charge is -2.09. The first kappa shape index (κ1) is 15.8. The predicted molar refractivity (Wildman–Crippen MR) is 96.1 cm³/mol. The summed E-state index contributed by atoms with van der Waals surface area (Å²) in [5.41, 5.74) is 6.68. The SMILES string of the molecule is Cc1cnc(NCc2n[nH]c3c2CCCCC3)nc1-c1ccnn1C. The number of hydrogen-bond donors (Lipinski definition) is 2. The van der Waals surface area contributed by atoms with Crippen LogP contribution in [0.15, 0.2) is 18.5 Å². The lowest BCUT2D eigenvalue weighted by Crippen LogP contribution is -2.08. The molecule has 0 radical (unpaired) electrons. The smallest absolute Gasteiger partial charge is 0.223 e. The van der Waals surface area contributed by atoms with Gasteiger partial charge in [-0.05, 0) is 49.8 Å². The third-order valence-electron chi connectivity index (χ3n) is 4.84. The van der Waals surface area contributed by atoms with Crippen molar-refractivity contribution in [2.75, 3.05) is 5.32 Å². The second-order valence-electron chi connectivity index (χ2n) is 6.61. The number of aromatic amines is 1. The van der Waals surface area contributed by atoms with Crippen molar-refractivity contribution in [3.63, 3.8) is 0 Å². The maximum atomic E-state index is 4.68. The van der Waals surface area contributed by atoms with Crippen molar-refractivity contribution >= 4 is 5.95 Å². The fourth-order valence-electron chi connectivity index (χ4n) is 3.43. The summed E-state index contributed by atoms with van der Waals surface area (Å²) in [6.07, 6.45) is 9.63. The van der Waals surface area contributed by atoms with Crippen LogP contribution in [0.25, 0.3) is 11.4 Å². The van der Waals surface area contributed by atoms with Crippen molar-refractivity contribution in [1.82, 2.24) is 29.9 Å². The molecule has 0 unspecified atom stereocenters. The van der Waals surface area contributed by atoms with Crippen LogP contribution < -0.4 is 5.32 Å². The van der Waals surface area contributed by atoms with E-state index >= 15 is 0 Å². The fraction of sp³-hybridized carbons (Fsp3) is 0.444. The zero-order valence-corrected chi connectivity index (χ0v) is 14.7. The highest BCUT2D eigenvalue weighted by molar-refractivity contribution is 5.59. The number of anilines is 1. The molecule has 3 aromatic rings. The van der Waals surface area contributed by atoms with Crippen molar-refractivity contribution in [2.45, 2.75) is 45.6 Å². The molecular formula is C18H23N7. The number of hydrogen-bond acceptors (Lipinski definition) is 5. The maximum Gasteiger partial charge on any atom is 0.223 e. The van der Waals surface area contributed by atoms with Gasteiger partial charge >= 0.3 is 0 Å². The van der Waals surface area contributed by atoms with E-state index in [-0.39, 0.29) is 0 Å². The van der Waals surface area contributed by atoms with Crippen molar-refractivity contribution in [3.8, 4) is 11.4 Å². The van der Waals surface area contributed by atoms with Gasteiger partial charge in [-0.3, -0.25) is 9.78 Å². The van der Waals surface area contributed by atoms with Crippen LogP contribution in [0.4, 0.5) is 5.95 Å². The standard InChI is InChI=1S/C18H23N7/c1-12-10-19-18(22-17(12)16-8-9-21-25(16)2)20-11-15-13-6-4-3-5-7-14(13)23-24-15/h8-10H,3-7,11H2,1-2H3,(H,23,24)(H,19,20,22). The molecule has 0 aliphatic heterocycles. The van der Waals surface area contributed by atoms with Gasteiger partial charge in [0.1, 0.15) is 0 Å². The Balaban J connectivity index is 1.54. The van der Waals surface area contributed by atoms with Gasteiger partial charge < -0.3 is 5.32 Å². The topological polar surface area (TPSA) is 84.3 Å². The third kappa shape index (κ3) is 3.14. The summed E-state index contributed by atoms with van der Waals surface area (Å²) in [7, 11) is 1.92. The van der Waals surface area contributed by atoms with Crippen molar-refractivity contribution in [2.24, 2.45) is 7.05 Å². The van der Waals surface area contributed by atoms with Crippen molar-refractivity contribution < 1.29 is 0 Å². The predicted octanol–water partition coefficient (Wildman–Crippen LogP) is 2.79. The van der Waals surface area contributed by atoms with E-state index in [1.807, 2.05) is 30.9 Å². The minimum atomic E-state index is 0.618. The Kier molecular flexibility index (Phi) is 4.21. The van der Waals surface area contributed by atoms with E-state index in [0.29, 0.717) is 12.5 Å². The van der Waals surface area contributed by atoms with E-state index < -0.39 is 0 Å². The van der Waals surface area contributed by atoms with E-state index in [2.05, 4.69) is 30.6 Å². The summed E-state index contributed by atoms with van der Waals surface area (Å²) < 4.78 is 1.83. The average molecular weight is 337 g/mol. The van der Waals surface area contributed by atoms with Crippen molar-refractivity contribution in [1.29, 1.82) is 0 Å². The van der Waals surface area contributed by atoms with E-state index in [0.717, 1.165) is 35.5 Å². The quantitative estimate of drug-likeness (QED) is 0.715. The molecule has 1 aliphatic carbocycles. The van der Waals surface area contributed by atoms with Crippen LogP contribution in [0.3, 0.4) is 0 Å². The summed E-state index contributed by atoms with van der Waals surface area (Å²) in [5.74, 6) is 0.618. The van der Waals surface area contributed by atoms with Gasteiger partial charge in [-0.2, -0.15) is 10.2 Å². The number of nitrogens with one attached hydrogen (secondary N) is 2. The number of aromatic nitrogens is 6. The molecule has 0 amide bonds. The highest BCUT2D eigenvalue weighted by atomic mass is 15.3. The zero-order chi connectivity index (χ0) is 17.2. The Labute approximate surface area is 146 Å². The Bertz CT molecular complexity index is 877. The average Bonchev–Trinajstić information content (AvgIpc) is 3.13. The minimum absolute atomic E-state index is 0.618. The molecule has 0 aromatic carbocycles. The summed E-state index contributed by atoms with van der Waals surface area (Å²) in [6.45, 7) is 2.65. The molecule has 0 saturated carbocycles. The number of H-pyrrole nitrogens is 1. The summed E-state index contributed by atoms with van der Waals surface area (Å²) in [6, 6.07) is 1.96. The third-order valence-corrected chi connectivity index (χ3v) is 4.84. The van der Waals surface area contributed by atoms with Gasteiger partial charge in [0, 0.05) is 25.1 Å². The van der Waals surface area contributed by atoms with Crippen molar-refractivity contribution in [3.05, 3.63) is 41.0 Å². The molecule has 0 fully saturated rings. The molecule has 0 spiro atoms. The molecule has 7 nitrogen and oxygen atoms in total. The van der Waals surface area contributed by atoms with E-state index in [4.69, 9.17) is 0 Å². The molecule has 2 N–H and O–H groups in total. The molecule has 0 saturated heterocycles. The Hall–Kier alpha value is -2.70. The lowest BCUT2D eigenvalue weighted by atomic mass is 10.1. The molecule has 1 aliphatic rings. The van der Waals surface area contributed by atoms with Crippen LogP contribution >= 0.6 is 0 Å². The maximum absolute atomic E-state index is 4.68. The van der Waals surface area contributed by atoms with Gasteiger partial charge in [0.25, 0.3) is 0 Å². The van der Waals surface area contributed by atoms with Crippen LogP contribution in [0.2, 0.25) is 0 Å². The minimum Gasteiger partial charge on any atom is -0.348 e. The van der Waals surface area contributed by atoms with Crippen LogP contribution in [-0.2, 0) is 26.4 Å². The monoisotopic (exact) mass is 337 g/mol. The summed E-state index contributed by atoms with van der Waals surface area (Å²) >= 11 is 0. The molecule has 4 rings (SSSR count). The normalized spacial score (nSPS) is 14.2. The zero-order valence-electron chi connectivity index (χ0n) is 14.7. The first-order chi connectivity index (χ1) is 12.2. The largest absolute Gasteiger partial charge is 0.348 e. The van der Waals surface area contributed by atoms with E-state index in [1.165, 1.54) is 30.5 Å². The Morgan fingerprint density at radius 1 is 1.24 bits per heavy atom. The van der Waals surface area contributed by atoms with Gasteiger partial charge in [-0.1, -0.05) is 6.42 Å². The van der Waals surface area contributed by atoms with E-state index in [1.54, 1.807) is 6.20 Å². The van der Waals surface area contributed by atoms with Crippen LogP contribution in [0.5, 0.6) is 0 Å². The molecule has 7 heteroatoms. The lowest BCUT2D eigenvalue weighted by molar-refractivity contribution is 0.699. The van der Waals surface area contributed by atoms with Gasteiger partial charge in [0.05, 0.1) is 23.6 Å². The number of nitrogens with zero attached hydrogens (tertiary/aromatic N) is 5. The second-order valence-corrected chi connectivity index (χ2v) is 6.61. The highest BCUT2D eigenvalue weighted by Gasteiger charge is 2.16. The first-order valence-corrected chi connectivity index (χ1v) is 8.83. The van der Waals surface area contributed by atoms with E-state index in [9.17, 15) is 0 Å². The molecular weight excluding hydrogens is 314 g/mol.